The molecule has 1 aromatic carbocycles. The molecule has 1 rings (SSSR count). The monoisotopic (exact) mass is 302 g/mol. The number of hydrogen-bond acceptors (Lipinski definition) is 0. The van der Waals surface area contributed by atoms with Crippen molar-refractivity contribution in [2.75, 3.05) is 0 Å². The SMILES string of the molecule is Fc1c(F)c(C(F)(F)F)c(F)c(C(F)(F)Cl)c1F. The second-order valence-corrected chi connectivity index (χ2v) is 3.48. The van der Waals surface area contributed by atoms with Gasteiger partial charge in [0.2, 0.25) is 0 Å². The molecule has 0 bridgehead atoms. The lowest BCUT2D eigenvalue weighted by atomic mass is 10.1. The average Bonchev–Trinajstić information content (AvgIpc) is 2.09. The van der Waals surface area contributed by atoms with Gasteiger partial charge >= 0.3 is 11.6 Å². The molecule has 10 heteroatoms. The van der Waals surface area contributed by atoms with E-state index in [1.165, 1.54) is 0 Å². The summed E-state index contributed by atoms with van der Waals surface area (Å²) in [7, 11) is 0. The van der Waals surface area contributed by atoms with Crippen LogP contribution in [0.3, 0.4) is 0 Å². The largest absolute Gasteiger partial charge is 0.422 e. The lowest BCUT2D eigenvalue weighted by Crippen LogP contribution is -2.21. The van der Waals surface area contributed by atoms with Crippen molar-refractivity contribution in [2.45, 2.75) is 11.6 Å². The molecule has 0 aliphatic rings. The molecule has 0 unspecified atom stereocenters. The van der Waals surface area contributed by atoms with Gasteiger partial charge in [0, 0.05) is 0 Å². The predicted octanol–water partition coefficient (Wildman–Crippen LogP) is 4.55. The van der Waals surface area contributed by atoms with Crippen molar-refractivity contribution in [1.82, 2.24) is 0 Å². The van der Waals surface area contributed by atoms with Gasteiger partial charge in [0.25, 0.3) is 0 Å². The standard InChI is InChI=1S/C8ClF9/c9-7(14,15)1-3(10)2(8(16,17)18)5(12)6(13)4(1)11. The Morgan fingerprint density at radius 3 is 1.33 bits per heavy atom. The Morgan fingerprint density at radius 1 is 0.611 bits per heavy atom. The van der Waals surface area contributed by atoms with Crippen molar-refractivity contribution < 1.29 is 39.5 Å². The van der Waals surface area contributed by atoms with Crippen LogP contribution in [-0.4, -0.2) is 0 Å². The summed E-state index contributed by atoms with van der Waals surface area (Å²) in [5.41, 5.74) is -5.67. The Kier molecular flexibility index (Phi) is 3.50. The topological polar surface area (TPSA) is 0 Å². The smallest absolute Gasteiger partial charge is 0.206 e. The predicted molar refractivity (Wildman–Crippen MR) is 41.0 cm³/mol. The second kappa shape index (κ2) is 4.22. The highest BCUT2D eigenvalue weighted by molar-refractivity contribution is 6.21. The second-order valence-electron chi connectivity index (χ2n) is 3.00. The zero-order valence-corrected chi connectivity index (χ0v) is 8.54. The summed E-state index contributed by atoms with van der Waals surface area (Å²) in [6.45, 7) is 0. The first-order valence-electron chi connectivity index (χ1n) is 3.89. The Hall–Kier alpha value is -1.12. The Labute approximate surface area is 98.0 Å². The molecule has 0 aliphatic heterocycles. The van der Waals surface area contributed by atoms with E-state index >= 15 is 0 Å². The van der Waals surface area contributed by atoms with Crippen LogP contribution in [0.2, 0.25) is 0 Å². The van der Waals surface area contributed by atoms with Gasteiger partial charge in [-0.15, -0.1) is 0 Å². The molecule has 0 saturated heterocycles. The number of hydrogen-bond donors (Lipinski definition) is 0. The quantitative estimate of drug-likeness (QED) is 0.309. The van der Waals surface area contributed by atoms with Crippen molar-refractivity contribution in [3.8, 4) is 0 Å². The minimum Gasteiger partial charge on any atom is -0.206 e. The molecule has 1 aromatic rings. The summed E-state index contributed by atoms with van der Waals surface area (Å²) in [4.78, 5) is 0. The highest BCUT2D eigenvalue weighted by Crippen LogP contribution is 2.43. The number of rotatable bonds is 1. The molecule has 0 radical (unpaired) electrons. The summed E-state index contributed by atoms with van der Waals surface area (Å²) in [6.07, 6.45) is -5.83. The molecule has 0 aliphatic carbocycles. The maximum Gasteiger partial charge on any atom is 0.422 e. The third kappa shape index (κ3) is 2.36. The molecule has 0 aromatic heterocycles. The molecule has 0 saturated carbocycles. The molecular weight excluding hydrogens is 303 g/mol. The summed E-state index contributed by atoms with van der Waals surface area (Å²) in [5, 5.41) is -4.97. The molecule has 18 heavy (non-hydrogen) atoms. The van der Waals surface area contributed by atoms with E-state index in [1.54, 1.807) is 0 Å². The minimum atomic E-state index is -5.83. The zero-order valence-electron chi connectivity index (χ0n) is 7.78. The first-order valence-corrected chi connectivity index (χ1v) is 4.27. The van der Waals surface area contributed by atoms with Gasteiger partial charge in [0.05, 0.1) is 0 Å². The van der Waals surface area contributed by atoms with Crippen LogP contribution in [0.15, 0.2) is 0 Å². The molecule has 0 N–H and O–H groups in total. The Morgan fingerprint density at radius 2 is 1.00 bits per heavy atom. The maximum absolute atomic E-state index is 13.0. The van der Waals surface area contributed by atoms with E-state index in [0.717, 1.165) is 0 Å². The maximum atomic E-state index is 13.0. The van der Waals surface area contributed by atoms with Gasteiger partial charge in [-0.05, 0) is 11.6 Å². The van der Waals surface area contributed by atoms with E-state index in [2.05, 4.69) is 11.6 Å². The van der Waals surface area contributed by atoms with E-state index in [4.69, 9.17) is 0 Å². The first-order chi connectivity index (χ1) is 7.89. The fourth-order valence-electron chi connectivity index (χ4n) is 1.13. The molecule has 0 nitrogen and oxygen atoms in total. The lowest BCUT2D eigenvalue weighted by molar-refractivity contribution is -0.143. The highest BCUT2D eigenvalue weighted by atomic mass is 35.5. The van der Waals surface area contributed by atoms with Gasteiger partial charge in [-0.25, -0.2) is 17.6 Å². The van der Waals surface area contributed by atoms with Crippen LogP contribution in [0.25, 0.3) is 0 Å². The highest BCUT2D eigenvalue weighted by Gasteiger charge is 2.47. The number of benzene rings is 1. The fraction of sp³-hybridized carbons (Fsp3) is 0.250. The van der Waals surface area contributed by atoms with Gasteiger partial charge in [0.15, 0.2) is 23.3 Å². The van der Waals surface area contributed by atoms with Crippen molar-refractivity contribution in [2.24, 2.45) is 0 Å². The number of alkyl halides is 6. The summed E-state index contributed by atoms with van der Waals surface area (Å²) < 4.78 is 113. The van der Waals surface area contributed by atoms with Crippen LogP contribution in [0.5, 0.6) is 0 Å². The van der Waals surface area contributed by atoms with Crippen LogP contribution in [-0.2, 0) is 11.6 Å². The molecular formula is C8ClF9. The molecule has 0 spiro atoms. The van der Waals surface area contributed by atoms with E-state index in [-0.39, 0.29) is 0 Å². The van der Waals surface area contributed by atoms with Crippen LogP contribution >= 0.6 is 11.6 Å². The minimum absolute atomic E-state index is 2.70. The van der Waals surface area contributed by atoms with Crippen LogP contribution < -0.4 is 0 Å². The van der Waals surface area contributed by atoms with Crippen molar-refractivity contribution in [3.05, 3.63) is 34.4 Å². The van der Waals surface area contributed by atoms with E-state index in [1.807, 2.05) is 0 Å². The van der Waals surface area contributed by atoms with E-state index in [9.17, 15) is 39.5 Å². The van der Waals surface area contributed by atoms with Gasteiger partial charge in [-0.2, -0.15) is 22.0 Å². The Balaban J connectivity index is 3.83. The van der Waals surface area contributed by atoms with Crippen LogP contribution in [0, 0.1) is 23.3 Å². The van der Waals surface area contributed by atoms with E-state index in [0.29, 0.717) is 0 Å². The normalized spacial score (nSPS) is 13.0. The molecule has 102 valence electrons. The molecule has 0 amide bonds. The van der Waals surface area contributed by atoms with Gasteiger partial charge in [-0.3, -0.25) is 0 Å². The Bertz CT molecular complexity index is 444. The van der Waals surface area contributed by atoms with Crippen molar-refractivity contribution in [3.63, 3.8) is 0 Å². The van der Waals surface area contributed by atoms with Crippen LogP contribution in [0.4, 0.5) is 39.5 Å². The third-order valence-corrected chi connectivity index (χ3v) is 2.02. The molecule has 0 heterocycles. The van der Waals surface area contributed by atoms with Gasteiger partial charge in [0.1, 0.15) is 11.1 Å². The fourth-order valence-corrected chi connectivity index (χ4v) is 1.30. The summed E-state index contributed by atoms with van der Waals surface area (Å²) in [5.74, 6) is -11.7. The van der Waals surface area contributed by atoms with Crippen molar-refractivity contribution in [1.29, 1.82) is 0 Å². The number of halogens is 10. The summed E-state index contributed by atoms with van der Waals surface area (Å²) in [6, 6.07) is 0. The lowest BCUT2D eigenvalue weighted by Gasteiger charge is -2.16. The van der Waals surface area contributed by atoms with Crippen LogP contribution in [0.1, 0.15) is 11.1 Å². The van der Waals surface area contributed by atoms with E-state index < -0.39 is 46.0 Å². The first kappa shape index (κ1) is 14.9. The van der Waals surface area contributed by atoms with Gasteiger partial charge in [-0.1, -0.05) is 0 Å². The zero-order chi connectivity index (χ0) is 14.5. The molecule has 0 atom stereocenters. The summed E-state index contributed by atoms with van der Waals surface area (Å²) >= 11 is 4.15. The van der Waals surface area contributed by atoms with Gasteiger partial charge < -0.3 is 0 Å². The third-order valence-electron chi connectivity index (χ3n) is 1.83. The molecule has 0 fully saturated rings. The average molecular weight is 303 g/mol. The van der Waals surface area contributed by atoms with Crippen molar-refractivity contribution >= 4 is 11.6 Å².